The average molecular weight is 436 g/mol. The molecule has 1 N–H and O–H groups in total. The number of carbonyl (C=O) groups excluding carboxylic acids is 1. The highest BCUT2D eigenvalue weighted by atomic mass is 16.4. The minimum atomic E-state index is -1.24. The van der Waals surface area contributed by atoms with Crippen molar-refractivity contribution in [3.63, 3.8) is 0 Å². The van der Waals surface area contributed by atoms with Gasteiger partial charge >= 0.3 is 5.97 Å². The van der Waals surface area contributed by atoms with Gasteiger partial charge in [-0.15, -0.1) is 10.2 Å². The van der Waals surface area contributed by atoms with E-state index in [9.17, 15) is 14.7 Å². The van der Waals surface area contributed by atoms with Gasteiger partial charge in [-0.1, -0.05) is 63.1 Å². The van der Waals surface area contributed by atoms with Crippen LogP contribution in [0.25, 0.3) is 0 Å². The van der Waals surface area contributed by atoms with Crippen LogP contribution >= 0.6 is 0 Å². The number of anilines is 2. The van der Waals surface area contributed by atoms with Crippen molar-refractivity contribution in [1.82, 2.24) is 4.90 Å². The van der Waals surface area contributed by atoms with E-state index in [1.165, 1.54) is 10.0 Å². The summed E-state index contributed by atoms with van der Waals surface area (Å²) < 4.78 is 0. The third kappa shape index (κ3) is 5.32. The number of carboxylic acids is 1. The van der Waals surface area contributed by atoms with Crippen molar-refractivity contribution >= 4 is 34.9 Å². The Morgan fingerprint density at radius 1 is 0.781 bits per heavy atom. The second-order valence-corrected chi connectivity index (χ2v) is 7.45. The van der Waals surface area contributed by atoms with Gasteiger partial charge in [0, 0.05) is 13.1 Å². The lowest BCUT2D eigenvalue weighted by Gasteiger charge is -2.32. The number of rotatable bonds is 10. The standard InChI is InChI=1S/C24H29N5O3/c1-3-5-17-27(18-6-4-2)23(30)21-25-29(20-15-11-8-12-16-20)22(24(31)32)26-28(21)19-13-9-7-10-14-19/h7-16H,3-6,17-18H2,1-2H3,(H,31,32). The van der Waals surface area contributed by atoms with E-state index < -0.39 is 5.97 Å². The molecule has 1 amide bonds. The fraction of sp³-hybridized carbons (Fsp3) is 0.333. The number of para-hydroxylation sites is 2. The number of carbonyl (C=O) groups is 2. The van der Waals surface area contributed by atoms with Gasteiger partial charge in [-0.2, -0.15) is 0 Å². The van der Waals surface area contributed by atoms with Crippen molar-refractivity contribution in [3.05, 3.63) is 60.7 Å². The smallest absolute Gasteiger partial charge is 0.375 e. The molecular weight excluding hydrogens is 406 g/mol. The first-order valence-corrected chi connectivity index (χ1v) is 11.0. The number of carboxylic acid groups (broad SMARTS) is 1. The zero-order valence-electron chi connectivity index (χ0n) is 18.5. The second-order valence-electron chi connectivity index (χ2n) is 7.45. The first kappa shape index (κ1) is 23.0. The summed E-state index contributed by atoms with van der Waals surface area (Å²) in [6.07, 6.45) is 3.67. The van der Waals surface area contributed by atoms with Crippen LogP contribution in [0.4, 0.5) is 11.4 Å². The highest BCUT2D eigenvalue weighted by molar-refractivity contribution is 6.47. The van der Waals surface area contributed by atoms with Crippen LogP contribution in [0, 0.1) is 0 Å². The molecule has 1 aliphatic heterocycles. The number of aliphatic carboxylic acids is 1. The van der Waals surface area contributed by atoms with Crippen molar-refractivity contribution in [1.29, 1.82) is 0 Å². The molecule has 0 bridgehead atoms. The Labute approximate surface area is 188 Å². The Bertz CT molecular complexity index is 968. The number of nitrogens with zero attached hydrogens (tertiary/aromatic N) is 5. The summed E-state index contributed by atoms with van der Waals surface area (Å²) in [5, 5.41) is 21.3. The van der Waals surface area contributed by atoms with E-state index in [1.54, 1.807) is 41.3 Å². The van der Waals surface area contributed by atoms with Gasteiger partial charge in [0.1, 0.15) is 0 Å². The Morgan fingerprint density at radius 2 is 1.22 bits per heavy atom. The van der Waals surface area contributed by atoms with Gasteiger partial charge in [0.05, 0.1) is 11.4 Å². The van der Waals surface area contributed by atoms with E-state index in [-0.39, 0.29) is 17.6 Å². The Kier molecular flexibility index (Phi) is 7.96. The molecule has 2 aromatic rings. The minimum absolute atomic E-state index is 0.0669. The lowest BCUT2D eigenvalue weighted by atomic mass is 10.2. The second kappa shape index (κ2) is 11.1. The molecule has 0 saturated carbocycles. The first-order chi connectivity index (χ1) is 15.6. The summed E-state index contributed by atoms with van der Waals surface area (Å²) in [5.41, 5.74) is 1.08. The largest absolute Gasteiger partial charge is 0.475 e. The molecule has 0 unspecified atom stereocenters. The molecule has 2 aromatic carbocycles. The quantitative estimate of drug-likeness (QED) is 0.606. The van der Waals surface area contributed by atoms with Gasteiger partial charge in [-0.05, 0) is 37.1 Å². The normalized spacial score (nSPS) is 13.4. The SMILES string of the molecule is CCCCN(CCCC)C(=O)C1=NN(c2ccccc2)C(C(=O)O)=NN1c1ccccc1. The van der Waals surface area contributed by atoms with Crippen LogP contribution in [0.2, 0.25) is 0 Å². The number of hydrogen-bond acceptors (Lipinski definition) is 6. The fourth-order valence-corrected chi connectivity index (χ4v) is 3.29. The zero-order valence-corrected chi connectivity index (χ0v) is 18.5. The monoisotopic (exact) mass is 435 g/mol. The number of amidine groups is 2. The van der Waals surface area contributed by atoms with Crippen LogP contribution in [-0.4, -0.2) is 46.6 Å². The third-order valence-electron chi connectivity index (χ3n) is 5.03. The van der Waals surface area contributed by atoms with Gasteiger partial charge < -0.3 is 10.0 Å². The van der Waals surface area contributed by atoms with Crippen LogP contribution < -0.4 is 10.0 Å². The predicted molar refractivity (Wildman–Crippen MR) is 127 cm³/mol. The molecule has 0 saturated heterocycles. The number of hydrogen-bond donors (Lipinski definition) is 1. The number of unbranched alkanes of at least 4 members (excludes halogenated alkanes) is 2. The summed E-state index contributed by atoms with van der Waals surface area (Å²) in [7, 11) is 0. The van der Waals surface area contributed by atoms with Crippen molar-refractivity contribution in [2.45, 2.75) is 39.5 Å². The number of hydrazone groups is 2. The maximum atomic E-state index is 13.7. The molecule has 0 aliphatic carbocycles. The summed E-state index contributed by atoms with van der Waals surface area (Å²) in [5.74, 6) is -1.73. The molecule has 3 rings (SSSR count). The van der Waals surface area contributed by atoms with E-state index >= 15 is 0 Å². The van der Waals surface area contributed by atoms with Gasteiger partial charge in [0.2, 0.25) is 5.84 Å². The van der Waals surface area contributed by atoms with Gasteiger partial charge in [0.15, 0.2) is 0 Å². The molecule has 8 heteroatoms. The molecule has 1 aliphatic rings. The maximum absolute atomic E-state index is 13.7. The van der Waals surface area contributed by atoms with Crippen molar-refractivity contribution < 1.29 is 14.7 Å². The van der Waals surface area contributed by atoms with E-state index in [0.29, 0.717) is 24.5 Å². The van der Waals surface area contributed by atoms with Crippen LogP contribution in [0.5, 0.6) is 0 Å². The van der Waals surface area contributed by atoms with Crippen molar-refractivity contribution in [3.8, 4) is 0 Å². The highest BCUT2D eigenvalue weighted by Gasteiger charge is 2.35. The number of amides is 1. The third-order valence-corrected chi connectivity index (χ3v) is 5.03. The summed E-state index contributed by atoms with van der Waals surface area (Å²) in [6, 6.07) is 17.9. The molecule has 0 aromatic heterocycles. The maximum Gasteiger partial charge on any atom is 0.375 e. The summed E-state index contributed by atoms with van der Waals surface area (Å²) in [4.78, 5) is 27.5. The van der Waals surface area contributed by atoms with Crippen molar-refractivity contribution in [2.75, 3.05) is 23.1 Å². The topological polar surface area (TPSA) is 88.8 Å². The summed E-state index contributed by atoms with van der Waals surface area (Å²) >= 11 is 0. The lowest BCUT2D eigenvalue weighted by Crippen LogP contribution is -2.50. The molecule has 0 atom stereocenters. The fourth-order valence-electron chi connectivity index (χ4n) is 3.29. The molecule has 0 radical (unpaired) electrons. The van der Waals surface area contributed by atoms with E-state index in [0.717, 1.165) is 25.7 Å². The lowest BCUT2D eigenvalue weighted by molar-refractivity contribution is -0.129. The van der Waals surface area contributed by atoms with Crippen LogP contribution in [0.15, 0.2) is 70.9 Å². The minimum Gasteiger partial charge on any atom is -0.475 e. The van der Waals surface area contributed by atoms with E-state index in [2.05, 4.69) is 24.1 Å². The van der Waals surface area contributed by atoms with Crippen LogP contribution in [-0.2, 0) is 9.59 Å². The molecule has 1 heterocycles. The van der Waals surface area contributed by atoms with Gasteiger partial charge in [-0.25, -0.2) is 14.8 Å². The Hall–Kier alpha value is -3.68. The Morgan fingerprint density at radius 3 is 1.66 bits per heavy atom. The Balaban J connectivity index is 2.08. The summed E-state index contributed by atoms with van der Waals surface area (Å²) in [6.45, 7) is 5.38. The van der Waals surface area contributed by atoms with Crippen molar-refractivity contribution in [2.24, 2.45) is 10.2 Å². The predicted octanol–water partition coefficient (Wildman–Crippen LogP) is 4.15. The zero-order chi connectivity index (χ0) is 22.9. The molecule has 8 nitrogen and oxygen atoms in total. The first-order valence-electron chi connectivity index (χ1n) is 11.0. The molecular formula is C24H29N5O3. The van der Waals surface area contributed by atoms with Gasteiger partial charge in [-0.3, -0.25) is 4.79 Å². The van der Waals surface area contributed by atoms with Crippen LogP contribution in [0.1, 0.15) is 39.5 Å². The molecule has 0 fully saturated rings. The average Bonchev–Trinajstić information content (AvgIpc) is 2.84. The number of benzene rings is 2. The van der Waals surface area contributed by atoms with Crippen LogP contribution in [0.3, 0.4) is 0 Å². The molecule has 0 spiro atoms. The van der Waals surface area contributed by atoms with E-state index in [4.69, 9.17) is 0 Å². The van der Waals surface area contributed by atoms with Gasteiger partial charge in [0.25, 0.3) is 11.7 Å². The highest BCUT2D eigenvalue weighted by Crippen LogP contribution is 2.24. The molecule has 168 valence electrons. The molecule has 32 heavy (non-hydrogen) atoms. The van der Waals surface area contributed by atoms with E-state index in [1.807, 2.05) is 24.3 Å².